The van der Waals surface area contributed by atoms with Crippen molar-refractivity contribution < 1.29 is 19.5 Å². The molecule has 0 radical (unpaired) electrons. The van der Waals surface area contributed by atoms with Crippen molar-refractivity contribution in [3.05, 3.63) is 71.3 Å². The summed E-state index contributed by atoms with van der Waals surface area (Å²) in [6.07, 6.45) is 0. The summed E-state index contributed by atoms with van der Waals surface area (Å²) in [5.74, 6) is -2.09. The molecule has 1 amide bonds. The standard InChI is InChI=1S/C20H19NO4/c1-13-11-21(12-17(13)20(24)25)19(23)16-10-6-5-9-15(16)18(22)14-7-3-2-4-8-14/h2-10,13,17H,11-12H2,1H3,(H,24,25)/t13-,17-/m1/s1. The highest BCUT2D eigenvalue weighted by atomic mass is 16.4. The fraction of sp³-hybridized carbons (Fsp3) is 0.250. The van der Waals surface area contributed by atoms with Crippen molar-refractivity contribution in [1.82, 2.24) is 4.90 Å². The van der Waals surface area contributed by atoms with Gasteiger partial charge < -0.3 is 10.0 Å². The zero-order chi connectivity index (χ0) is 18.0. The van der Waals surface area contributed by atoms with Crippen LogP contribution >= 0.6 is 0 Å². The topological polar surface area (TPSA) is 74.7 Å². The van der Waals surface area contributed by atoms with Crippen LogP contribution in [0.4, 0.5) is 0 Å². The van der Waals surface area contributed by atoms with Crippen LogP contribution in [0.25, 0.3) is 0 Å². The first-order chi connectivity index (χ1) is 12.0. The van der Waals surface area contributed by atoms with Gasteiger partial charge in [-0.1, -0.05) is 55.5 Å². The summed E-state index contributed by atoms with van der Waals surface area (Å²) in [6.45, 7) is 2.37. The highest BCUT2D eigenvalue weighted by Crippen LogP contribution is 2.26. The number of nitrogens with zero attached hydrogens (tertiary/aromatic N) is 1. The molecule has 2 aromatic rings. The number of aliphatic carboxylic acids is 1. The number of hydrogen-bond donors (Lipinski definition) is 1. The number of likely N-dealkylation sites (tertiary alicyclic amines) is 1. The SMILES string of the molecule is C[C@@H]1CN(C(=O)c2ccccc2C(=O)c2ccccc2)C[C@H]1C(=O)O. The predicted molar refractivity (Wildman–Crippen MR) is 92.5 cm³/mol. The Labute approximate surface area is 145 Å². The van der Waals surface area contributed by atoms with Crippen molar-refractivity contribution in [2.24, 2.45) is 11.8 Å². The Kier molecular flexibility index (Phi) is 4.65. The molecule has 1 aliphatic heterocycles. The lowest BCUT2D eigenvalue weighted by Crippen LogP contribution is -2.31. The van der Waals surface area contributed by atoms with Gasteiger partial charge in [0.2, 0.25) is 0 Å². The fourth-order valence-corrected chi connectivity index (χ4v) is 3.24. The number of carboxylic acid groups (broad SMARTS) is 1. The molecule has 0 aliphatic carbocycles. The van der Waals surface area contributed by atoms with Gasteiger partial charge in [0.15, 0.2) is 5.78 Å². The van der Waals surface area contributed by atoms with E-state index in [1.54, 1.807) is 48.5 Å². The number of ketones is 1. The van der Waals surface area contributed by atoms with Gasteiger partial charge in [-0.05, 0) is 12.0 Å². The molecule has 2 aromatic carbocycles. The number of hydrogen-bond acceptors (Lipinski definition) is 3. The van der Waals surface area contributed by atoms with E-state index in [-0.39, 0.29) is 24.2 Å². The molecule has 1 fully saturated rings. The number of benzene rings is 2. The van der Waals surface area contributed by atoms with E-state index in [1.165, 1.54) is 4.90 Å². The lowest BCUT2D eigenvalue weighted by molar-refractivity contribution is -0.142. The van der Waals surface area contributed by atoms with Gasteiger partial charge >= 0.3 is 5.97 Å². The minimum atomic E-state index is -0.892. The second-order valence-electron chi connectivity index (χ2n) is 6.37. The molecule has 5 nitrogen and oxygen atoms in total. The monoisotopic (exact) mass is 337 g/mol. The minimum Gasteiger partial charge on any atom is -0.481 e. The van der Waals surface area contributed by atoms with E-state index in [1.807, 2.05) is 13.0 Å². The van der Waals surface area contributed by atoms with Gasteiger partial charge in [0.05, 0.1) is 11.5 Å². The summed E-state index contributed by atoms with van der Waals surface area (Å²) in [7, 11) is 0. The number of carboxylic acids is 1. The van der Waals surface area contributed by atoms with E-state index in [0.717, 1.165) is 0 Å². The molecule has 0 bridgehead atoms. The van der Waals surface area contributed by atoms with Gasteiger partial charge in [-0.3, -0.25) is 14.4 Å². The van der Waals surface area contributed by atoms with Crippen molar-refractivity contribution in [2.75, 3.05) is 13.1 Å². The van der Waals surface area contributed by atoms with Crippen LogP contribution in [-0.4, -0.2) is 40.8 Å². The number of carbonyl (C=O) groups excluding carboxylic acids is 2. The van der Waals surface area contributed by atoms with Crippen LogP contribution in [0.1, 0.15) is 33.2 Å². The average molecular weight is 337 g/mol. The van der Waals surface area contributed by atoms with Crippen LogP contribution in [0.15, 0.2) is 54.6 Å². The molecule has 3 rings (SSSR count). The van der Waals surface area contributed by atoms with Gasteiger partial charge in [0.25, 0.3) is 5.91 Å². The second-order valence-corrected chi connectivity index (χ2v) is 6.37. The van der Waals surface area contributed by atoms with Crippen LogP contribution in [-0.2, 0) is 4.79 Å². The normalized spacial score (nSPS) is 19.6. The van der Waals surface area contributed by atoms with E-state index in [2.05, 4.69) is 0 Å². The molecule has 1 N–H and O–H groups in total. The molecular weight excluding hydrogens is 318 g/mol. The first kappa shape index (κ1) is 16.9. The average Bonchev–Trinajstić information content (AvgIpc) is 3.03. The number of carbonyl (C=O) groups is 3. The third kappa shape index (κ3) is 3.31. The van der Waals surface area contributed by atoms with Crippen LogP contribution in [0.3, 0.4) is 0 Å². The molecule has 2 atom stereocenters. The van der Waals surface area contributed by atoms with Gasteiger partial charge in [-0.25, -0.2) is 0 Å². The van der Waals surface area contributed by atoms with Crippen molar-refractivity contribution in [3.63, 3.8) is 0 Å². The molecule has 25 heavy (non-hydrogen) atoms. The maximum Gasteiger partial charge on any atom is 0.308 e. The third-order valence-corrected chi connectivity index (χ3v) is 4.65. The Balaban J connectivity index is 1.90. The summed E-state index contributed by atoms with van der Waals surface area (Å²) in [5.41, 5.74) is 1.17. The third-order valence-electron chi connectivity index (χ3n) is 4.65. The smallest absolute Gasteiger partial charge is 0.308 e. The lowest BCUT2D eigenvalue weighted by Gasteiger charge is -2.18. The number of amides is 1. The zero-order valence-corrected chi connectivity index (χ0v) is 13.9. The fourth-order valence-electron chi connectivity index (χ4n) is 3.24. The van der Waals surface area contributed by atoms with Crippen LogP contribution < -0.4 is 0 Å². The largest absolute Gasteiger partial charge is 0.481 e. The van der Waals surface area contributed by atoms with Crippen LogP contribution in [0, 0.1) is 11.8 Å². The molecule has 0 spiro atoms. The summed E-state index contributed by atoms with van der Waals surface area (Å²) >= 11 is 0. The van der Waals surface area contributed by atoms with Crippen molar-refractivity contribution in [1.29, 1.82) is 0 Å². The number of rotatable bonds is 4. The molecule has 1 saturated heterocycles. The van der Waals surface area contributed by atoms with Crippen molar-refractivity contribution in [2.45, 2.75) is 6.92 Å². The Morgan fingerprint density at radius 2 is 1.52 bits per heavy atom. The van der Waals surface area contributed by atoms with E-state index < -0.39 is 11.9 Å². The Morgan fingerprint density at radius 1 is 0.920 bits per heavy atom. The van der Waals surface area contributed by atoms with Crippen molar-refractivity contribution in [3.8, 4) is 0 Å². The maximum atomic E-state index is 12.9. The first-order valence-corrected chi connectivity index (χ1v) is 8.20. The quantitative estimate of drug-likeness (QED) is 0.871. The molecular formula is C20H19NO4. The van der Waals surface area contributed by atoms with Gasteiger partial charge in [-0.2, -0.15) is 0 Å². The molecule has 5 heteroatoms. The van der Waals surface area contributed by atoms with Gasteiger partial charge in [0.1, 0.15) is 0 Å². The van der Waals surface area contributed by atoms with Crippen LogP contribution in [0.5, 0.6) is 0 Å². The minimum absolute atomic E-state index is 0.113. The molecule has 1 aliphatic rings. The Bertz CT molecular complexity index is 815. The molecule has 0 saturated carbocycles. The van der Waals surface area contributed by atoms with Gasteiger partial charge in [0, 0.05) is 24.2 Å². The van der Waals surface area contributed by atoms with E-state index in [9.17, 15) is 19.5 Å². The molecule has 1 heterocycles. The Morgan fingerprint density at radius 3 is 2.12 bits per heavy atom. The van der Waals surface area contributed by atoms with E-state index >= 15 is 0 Å². The second kappa shape index (κ2) is 6.89. The summed E-state index contributed by atoms with van der Waals surface area (Å²) in [6, 6.07) is 15.5. The zero-order valence-electron chi connectivity index (χ0n) is 13.9. The van der Waals surface area contributed by atoms with E-state index in [0.29, 0.717) is 23.2 Å². The highest BCUT2D eigenvalue weighted by Gasteiger charge is 2.37. The van der Waals surface area contributed by atoms with Crippen LogP contribution in [0.2, 0.25) is 0 Å². The van der Waals surface area contributed by atoms with Crippen molar-refractivity contribution >= 4 is 17.7 Å². The Hall–Kier alpha value is -2.95. The summed E-state index contributed by atoms with van der Waals surface area (Å²) in [4.78, 5) is 38.5. The summed E-state index contributed by atoms with van der Waals surface area (Å²) < 4.78 is 0. The van der Waals surface area contributed by atoms with Gasteiger partial charge in [-0.15, -0.1) is 0 Å². The predicted octanol–water partition coefficient (Wildman–Crippen LogP) is 2.71. The summed E-state index contributed by atoms with van der Waals surface area (Å²) in [5, 5.41) is 9.25. The molecule has 0 aromatic heterocycles. The highest BCUT2D eigenvalue weighted by molar-refractivity contribution is 6.15. The first-order valence-electron chi connectivity index (χ1n) is 8.20. The lowest BCUT2D eigenvalue weighted by atomic mass is 9.97. The van der Waals surface area contributed by atoms with E-state index in [4.69, 9.17) is 0 Å². The molecule has 128 valence electrons. The maximum absolute atomic E-state index is 12.9. The molecule has 0 unspecified atom stereocenters.